The van der Waals surface area contributed by atoms with E-state index in [-0.39, 0.29) is 0 Å². The molecule has 2 fully saturated rings. The summed E-state index contributed by atoms with van der Waals surface area (Å²) in [4.78, 5) is 0. The third-order valence-corrected chi connectivity index (χ3v) is 4.83. The zero-order valence-electron chi connectivity index (χ0n) is 10.6. The summed E-state index contributed by atoms with van der Waals surface area (Å²) in [5.74, 6) is 3.90. The van der Waals surface area contributed by atoms with Gasteiger partial charge in [0, 0.05) is 6.04 Å². The Morgan fingerprint density at radius 3 is 1.93 bits per heavy atom. The highest BCUT2D eigenvalue weighted by atomic mass is 14.9. The fourth-order valence-corrected chi connectivity index (χ4v) is 3.49. The third kappa shape index (κ3) is 2.75. The van der Waals surface area contributed by atoms with E-state index in [4.69, 9.17) is 0 Å². The van der Waals surface area contributed by atoms with Crippen molar-refractivity contribution in [1.82, 2.24) is 5.32 Å². The molecule has 0 bridgehead atoms. The molecule has 15 heavy (non-hydrogen) atoms. The third-order valence-electron chi connectivity index (χ3n) is 4.83. The van der Waals surface area contributed by atoms with Gasteiger partial charge in [0.25, 0.3) is 0 Å². The Hall–Kier alpha value is -0.0400. The van der Waals surface area contributed by atoms with Gasteiger partial charge < -0.3 is 5.32 Å². The van der Waals surface area contributed by atoms with Gasteiger partial charge in [0.2, 0.25) is 0 Å². The molecule has 0 saturated heterocycles. The van der Waals surface area contributed by atoms with Crippen molar-refractivity contribution in [1.29, 1.82) is 0 Å². The Bertz CT molecular complexity index is 190. The van der Waals surface area contributed by atoms with Gasteiger partial charge in [-0.2, -0.15) is 0 Å². The Kier molecular flexibility index (Phi) is 3.71. The van der Waals surface area contributed by atoms with Crippen molar-refractivity contribution in [3.05, 3.63) is 0 Å². The van der Waals surface area contributed by atoms with Crippen molar-refractivity contribution < 1.29 is 0 Å². The van der Waals surface area contributed by atoms with Crippen LogP contribution in [-0.4, -0.2) is 13.1 Å². The van der Waals surface area contributed by atoms with Crippen molar-refractivity contribution in [2.75, 3.05) is 7.05 Å². The van der Waals surface area contributed by atoms with Crippen LogP contribution in [0.25, 0.3) is 0 Å². The molecule has 0 radical (unpaired) electrons. The summed E-state index contributed by atoms with van der Waals surface area (Å²) < 4.78 is 0. The largest absolute Gasteiger partial charge is 0.316 e. The summed E-state index contributed by atoms with van der Waals surface area (Å²) in [7, 11) is 2.17. The van der Waals surface area contributed by atoms with Crippen molar-refractivity contribution in [2.45, 2.75) is 58.4 Å². The number of nitrogens with one attached hydrogen (secondary N) is 1. The summed E-state index contributed by atoms with van der Waals surface area (Å²) in [6, 6.07) is 0.796. The van der Waals surface area contributed by atoms with Gasteiger partial charge >= 0.3 is 0 Å². The van der Waals surface area contributed by atoms with Gasteiger partial charge in [-0.3, -0.25) is 0 Å². The maximum absolute atomic E-state index is 3.61. The molecule has 2 aliphatic rings. The van der Waals surface area contributed by atoms with Crippen molar-refractivity contribution in [2.24, 2.45) is 23.7 Å². The van der Waals surface area contributed by atoms with E-state index in [0.717, 1.165) is 29.7 Å². The SMILES string of the molecule is CNC(C1CCC(C)CC1)C(C)C1CC1. The van der Waals surface area contributed by atoms with E-state index in [1.54, 1.807) is 0 Å². The molecule has 0 aliphatic heterocycles. The lowest BCUT2D eigenvalue weighted by molar-refractivity contribution is 0.186. The molecular weight excluding hydrogens is 182 g/mol. The zero-order chi connectivity index (χ0) is 10.8. The van der Waals surface area contributed by atoms with Gasteiger partial charge in [-0.1, -0.05) is 26.7 Å². The first-order valence-corrected chi connectivity index (χ1v) is 6.89. The molecule has 2 saturated carbocycles. The lowest BCUT2D eigenvalue weighted by Crippen LogP contribution is -2.41. The summed E-state index contributed by atoms with van der Waals surface area (Å²) in [6.45, 7) is 4.88. The van der Waals surface area contributed by atoms with E-state index >= 15 is 0 Å². The fraction of sp³-hybridized carbons (Fsp3) is 1.00. The molecular formula is C14H27N. The molecule has 2 rings (SSSR count). The quantitative estimate of drug-likeness (QED) is 0.748. The molecule has 2 unspecified atom stereocenters. The van der Waals surface area contributed by atoms with Gasteiger partial charge in [-0.15, -0.1) is 0 Å². The molecule has 0 spiro atoms. The normalized spacial score (nSPS) is 36.2. The van der Waals surface area contributed by atoms with Crippen LogP contribution in [0.3, 0.4) is 0 Å². The van der Waals surface area contributed by atoms with Crippen LogP contribution in [0.2, 0.25) is 0 Å². The highest BCUT2D eigenvalue weighted by Crippen LogP contribution is 2.42. The minimum Gasteiger partial charge on any atom is -0.316 e. The van der Waals surface area contributed by atoms with E-state index in [1.165, 1.54) is 38.5 Å². The summed E-state index contributed by atoms with van der Waals surface area (Å²) in [6.07, 6.45) is 8.82. The Balaban J connectivity index is 1.87. The second-order valence-electron chi connectivity index (χ2n) is 6.03. The minimum absolute atomic E-state index is 0.796. The van der Waals surface area contributed by atoms with Crippen LogP contribution in [0.1, 0.15) is 52.4 Å². The predicted octanol–water partition coefficient (Wildman–Crippen LogP) is 3.45. The standard InChI is InChI=1S/C14H27N/c1-10-4-6-13(7-5-10)14(15-3)11(2)12-8-9-12/h10-15H,4-9H2,1-3H3. The maximum Gasteiger partial charge on any atom is 0.0121 e. The average molecular weight is 209 g/mol. The Labute approximate surface area is 95.0 Å². The van der Waals surface area contributed by atoms with E-state index < -0.39 is 0 Å². The molecule has 88 valence electrons. The average Bonchev–Trinajstić information content (AvgIpc) is 3.05. The first kappa shape index (κ1) is 11.4. The van der Waals surface area contributed by atoms with Crippen molar-refractivity contribution in [3.8, 4) is 0 Å². The lowest BCUT2D eigenvalue weighted by atomic mass is 9.75. The molecule has 2 atom stereocenters. The minimum atomic E-state index is 0.796. The highest BCUT2D eigenvalue weighted by molar-refractivity contribution is 4.90. The van der Waals surface area contributed by atoms with Gasteiger partial charge in [-0.25, -0.2) is 0 Å². The smallest absolute Gasteiger partial charge is 0.0121 e. The van der Waals surface area contributed by atoms with Gasteiger partial charge in [0.15, 0.2) is 0 Å². The predicted molar refractivity (Wildman–Crippen MR) is 65.9 cm³/mol. The van der Waals surface area contributed by atoms with E-state index in [0.29, 0.717) is 0 Å². The van der Waals surface area contributed by atoms with E-state index in [1.807, 2.05) is 0 Å². The molecule has 0 aromatic carbocycles. The van der Waals surface area contributed by atoms with Crippen LogP contribution < -0.4 is 5.32 Å². The number of rotatable bonds is 4. The van der Waals surface area contributed by atoms with Crippen LogP contribution in [0.5, 0.6) is 0 Å². The fourth-order valence-electron chi connectivity index (χ4n) is 3.49. The first-order valence-electron chi connectivity index (χ1n) is 6.89. The van der Waals surface area contributed by atoms with Crippen molar-refractivity contribution >= 4 is 0 Å². The first-order chi connectivity index (χ1) is 7.22. The lowest BCUT2D eigenvalue weighted by Gasteiger charge is -2.36. The molecule has 1 nitrogen and oxygen atoms in total. The second kappa shape index (κ2) is 4.86. The molecule has 1 N–H and O–H groups in total. The van der Waals surface area contributed by atoms with E-state index in [2.05, 4.69) is 26.2 Å². The molecule has 0 aromatic heterocycles. The second-order valence-corrected chi connectivity index (χ2v) is 6.03. The van der Waals surface area contributed by atoms with Crippen LogP contribution in [0.4, 0.5) is 0 Å². The van der Waals surface area contributed by atoms with Crippen LogP contribution in [0, 0.1) is 23.7 Å². The number of hydrogen-bond acceptors (Lipinski definition) is 1. The molecule has 1 heteroatoms. The maximum atomic E-state index is 3.61. The Morgan fingerprint density at radius 2 is 1.47 bits per heavy atom. The van der Waals surface area contributed by atoms with Gasteiger partial charge in [-0.05, 0) is 56.4 Å². The van der Waals surface area contributed by atoms with Crippen LogP contribution in [0.15, 0.2) is 0 Å². The monoisotopic (exact) mass is 209 g/mol. The van der Waals surface area contributed by atoms with E-state index in [9.17, 15) is 0 Å². The van der Waals surface area contributed by atoms with Gasteiger partial charge in [0.1, 0.15) is 0 Å². The number of hydrogen-bond donors (Lipinski definition) is 1. The summed E-state index contributed by atoms with van der Waals surface area (Å²) in [5, 5.41) is 3.61. The molecule has 0 aromatic rings. The highest BCUT2D eigenvalue weighted by Gasteiger charge is 2.36. The topological polar surface area (TPSA) is 12.0 Å². The summed E-state index contributed by atoms with van der Waals surface area (Å²) in [5.41, 5.74) is 0. The summed E-state index contributed by atoms with van der Waals surface area (Å²) >= 11 is 0. The van der Waals surface area contributed by atoms with Crippen LogP contribution in [-0.2, 0) is 0 Å². The molecule has 2 aliphatic carbocycles. The van der Waals surface area contributed by atoms with Crippen LogP contribution >= 0.6 is 0 Å². The molecule has 0 amide bonds. The molecule has 0 heterocycles. The zero-order valence-corrected chi connectivity index (χ0v) is 10.6. The van der Waals surface area contributed by atoms with Gasteiger partial charge in [0.05, 0.1) is 0 Å². The van der Waals surface area contributed by atoms with Crippen molar-refractivity contribution in [3.63, 3.8) is 0 Å². The Morgan fingerprint density at radius 1 is 0.933 bits per heavy atom.